The summed E-state index contributed by atoms with van der Waals surface area (Å²) in [7, 11) is 1.06. The number of hydrogen-bond acceptors (Lipinski definition) is 5. The van der Waals surface area contributed by atoms with Crippen LogP contribution in [0.2, 0.25) is 0 Å². The summed E-state index contributed by atoms with van der Waals surface area (Å²) in [6.45, 7) is 7.93. The van der Waals surface area contributed by atoms with Crippen molar-refractivity contribution in [2.45, 2.75) is 38.9 Å². The Morgan fingerprint density at radius 3 is 2.14 bits per heavy atom. The van der Waals surface area contributed by atoms with E-state index in [0.717, 1.165) is 0 Å². The first-order chi connectivity index (χ1) is 9.68. The molecule has 2 rings (SSSR count). The maximum absolute atomic E-state index is 11.5. The standard InChI is InChI=1S/C13H19BClN3O3/c1-12(2)13(3,4)21-14(20-12)9-7-16-11(17-8-9)18(5)10(19)6-15/h7-8H,6H2,1-5H3. The number of amides is 1. The Morgan fingerprint density at radius 2 is 1.71 bits per heavy atom. The summed E-state index contributed by atoms with van der Waals surface area (Å²) in [5.74, 6) is -0.0836. The third-order valence-electron chi connectivity index (χ3n) is 3.97. The summed E-state index contributed by atoms with van der Waals surface area (Å²) in [6.07, 6.45) is 3.20. The van der Waals surface area contributed by atoms with Crippen molar-refractivity contribution in [1.82, 2.24) is 9.97 Å². The van der Waals surface area contributed by atoms with Crippen LogP contribution in [-0.2, 0) is 14.1 Å². The molecule has 1 saturated heterocycles. The van der Waals surface area contributed by atoms with Gasteiger partial charge in [0.2, 0.25) is 11.9 Å². The molecule has 1 amide bonds. The Morgan fingerprint density at radius 1 is 1.24 bits per heavy atom. The van der Waals surface area contributed by atoms with Crippen molar-refractivity contribution in [3.05, 3.63) is 12.4 Å². The number of hydrogen-bond donors (Lipinski definition) is 0. The average molecular weight is 312 g/mol. The zero-order chi connectivity index (χ0) is 15.8. The predicted octanol–water partition coefficient (Wildman–Crippen LogP) is 0.977. The second-order valence-corrected chi connectivity index (χ2v) is 6.26. The molecular formula is C13H19BClN3O3. The van der Waals surface area contributed by atoms with Gasteiger partial charge in [-0.25, -0.2) is 9.97 Å². The van der Waals surface area contributed by atoms with E-state index in [1.807, 2.05) is 27.7 Å². The molecule has 21 heavy (non-hydrogen) atoms. The lowest BCUT2D eigenvalue weighted by Crippen LogP contribution is -2.41. The molecule has 1 aromatic rings. The van der Waals surface area contributed by atoms with E-state index in [9.17, 15) is 4.79 Å². The molecule has 0 radical (unpaired) electrons. The Bertz CT molecular complexity index is 520. The molecule has 1 aliphatic heterocycles. The lowest BCUT2D eigenvalue weighted by Gasteiger charge is -2.32. The first-order valence-electron chi connectivity index (χ1n) is 6.68. The van der Waals surface area contributed by atoms with E-state index < -0.39 is 18.3 Å². The fourth-order valence-corrected chi connectivity index (χ4v) is 1.99. The number of rotatable bonds is 3. The number of halogens is 1. The average Bonchev–Trinajstić information content (AvgIpc) is 2.66. The first-order valence-corrected chi connectivity index (χ1v) is 7.21. The molecule has 0 aromatic carbocycles. The second-order valence-electron chi connectivity index (χ2n) is 5.99. The van der Waals surface area contributed by atoms with Crippen LogP contribution in [0.3, 0.4) is 0 Å². The van der Waals surface area contributed by atoms with Crippen molar-refractivity contribution in [3.63, 3.8) is 0 Å². The number of carbonyl (C=O) groups is 1. The van der Waals surface area contributed by atoms with Crippen LogP contribution in [0, 0.1) is 0 Å². The van der Waals surface area contributed by atoms with Gasteiger partial charge in [-0.1, -0.05) is 0 Å². The Balaban J connectivity index is 2.16. The Kier molecular flexibility index (Phi) is 4.28. The molecule has 0 saturated carbocycles. The van der Waals surface area contributed by atoms with Crippen LogP contribution in [0.4, 0.5) is 5.95 Å². The molecule has 0 N–H and O–H groups in total. The first kappa shape index (κ1) is 16.2. The Labute approximate surface area is 129 Å². The van der Waals surface area contributed by atoms with Gasteiger partial charge >= 0.3 is 7.12 Å². The molecule has 0 spiro atoms. The molecule has 0 bridgehead atoms. The molecule has 8 heteroatoms. The molecule has 114 valence electrons. The van der Waals surface area contributed by atoms with Crippen LogP contribution in [-0.4, -0.2) is 47.1 Å². The van der Waals surface area contributed by atoms with Crippen LogP contribution in [0.25, 0.3) is 0 Å². The van der Waals surface area contributed by atoms with Gasteiger partial charge in [-0.15, -0.1) is 11.6 Å². The molecule has 1 aromatic heterocycles. The number of alkyl halides is 1. The molecule has 0 unspecified atom stereocenters. The third-order valence-corrected chi connectivity index (χ3v) is 4.20. The summed E-state index contributed by atoms with van der Waals surface area (Å²) in [5.41, 5.74) is -0.118. The maximum Gasteiger partial charge on any atom is 0.498 e. The van der Waals surface area contributed by atoms with E-state index in [4.69, 9.17) is 20.9 Å². The molecular weight excluding hydrogens is 292 g/mol. The van der Waals surface area contributed by atoms with Crippen LogP contribution in [0.5, 0.6) is 0 Å². The third kappa shape index (κ3) is 3.05. The fraction of sp³-hybridized carbons (Fsp3) is 0.615. The fourth-order valence-electron chi connectivity index (χ4n) is 1.81. The van der Waals surface area contributed by atoms with Crippen molar-refractivity contribution in [2.24, 2.45) is 0 Å². The second kappa shape index (κ2) is 5.55. The smallest absolute Gasteiger partial charge is 0.399 e. The minimum atomic E-state index is -0.516. The van der Waals surface area contributed by atoms with Crippen LogP contribution < -0.4 is 10.4 Å². The predicted molar refractivity (Wildman–Crippen MR) is 81.9 cm³/mol. The maximum atomic E-state index is 11.5. The van der Waals surface area contributed by atoms with Crippen molar-refractivity contribution in [2.75, 3.05) is 17.8 Å². The molecule has 0 aliphatic carbocycles. The number of carbonyl (C=O) groups excluding carboxylic acids is 1. The topological polar surface area (TPSA) is 64.6 Å². The van der Waals surface area contributed by atoms with Crippen LogP contribution in [0.15, 0.2) is 12.4 Å². The SMILES string of the molecule is CN(C(=O)CCl)c1ncc(B2OC(C)(C)C(C)(C)O2)cn1. The van der Waals surface area contributed by atoms with Gasteiger partial charge in [-0.3, -0.25) is 9.69 Å². The van der Waals surface area contributed by atoms with Gasteiger partial charge in [-0.2, -0.15) is 0 Å². The van der Waals surface area contributed by atoms with Gasteiger partial charge in [0.1, 0.15) is 5.88 Å². The van der Waals surface area contributed by atoms with E-state index in [-0.39, 0.29) is 11.8 Å². The lowest BCUT2D eigenvalue weighted by molar-refractivity contribution is -0.116. The molecule has 6 nitrogen and oxygen atoms in total. The largest absolute Gasteiger partial charge is 0.498 e. The minimum absolute atomic E-state index is 0.112. The summed E-state index contributed by atoms with van der Waals surface area (Å²) in [5, 5.41) is 0. The van der Waals surface area contributed by atoms with Crippen molar-refractivity contribution < 1.29 is 14.1 Å². The van der Waals surface area contributed by atoms with Crippen LogP contribution >= 0.6 is 11.6 Å². The van der Waals surface area contributed by atoms with Gasteiger partial charge in [-0.05, 0) is 27.7 Å². The van der Waals surface area contributed by atoms with E-state index >= 15 is 0 Å². The van der Waals surface area contributed by atoms with Crippen LogP contribution in [0.1, 0.15) is 27.7 Å². The normalized spacial score (nSPS) is 19.6. The van der Waals surface area contributed by atoms with Gasteiger partial charge < -0.3 is 9.31 Å². The van der Waals surface area contributed by atoms with E-state index in [2.05, 4.69) is 9.97 Å². The molecule has 0 atom stereocenters. The lowest BCUT2D eigenvalue weighted by atomic mass is 9.81. The quantitative estimate of drug-likeness (QED) is 0.615. The van der Waals surface area contributed by atoms with Crippen molar-refractivity contribution in [1.29, 1.82) is 0 Å². The zero-order valence-corrected chi connectivity index (χ0v) is 13.6. The molecule has 1 aliphatic rings. The monoisotopic (exact) mass is 311 g/mol. The number of aromatic nitrogens is 2. The van der Waals surface area contributed by atoms with Gasteiger partial charge in [0.25, 0.3) is 0 Å². The van der Waals surface area contributed by atoms with E-state index in [1.54, 1.807) is 19.4 Å². The highest BCUT2D eigenvalue weighted by atomic mass is 35.5. The molecule has 1 fully saturated rings. The van der Waals surface area contributed by atoms with Crippen molar-refractivity contribution >= 4 is 36.0 Å². The highest BCUT2D eigenvalue weighted by Gasteiger charge is 2.51. The van der Waals surface area contributed by atoms with Gasteiger partial charge in [0, 0.05) is 24.9 Å². The Hall–Kier alpha value is -1.18. The highest BCUT2D eigenvalue weighted by molar-refractivity contribution is 6.61. The number of anilines is 1. The molecule has 2 heterocycles. The zero-order valence-electron chi connectivity index (χ0n) is 12.9. The summed E-state index contributed by atoms with van der Waals surface area (Å²) in [6, 6.07) is 0. The minimum Gasteiger partial charge on any atom is -0.399 e. The van der Waals surface area contributed by atoms with E-state index in [1.165, 1.54) is 4.90 Å². The summed E-state index contributed by atoms with van der Waals surface area (Å²) < 4.78 is 11.8. The van der Waals surface area contributed by atoms with Gasteiger partial charge in [0.05, 0.1) is 11.2 Å². The highest BCUT2D eigenvalue weighted by Crippen LogP contribution is 2.36. The van der Waals surface area contributed by atoms with Crippen molar-refractivity contribution in [3.8, 4) is 0 Å². The number of nitrogens with zero attached hydrogens (tertiary/aromatic N) is 3. The van der Waals surface area contributed by atoms with E-state index in [0.29, 0.717) is 11.4 Å². The van der Waals surface area contributed by atoms with Gasteiger partial charge in [0.15, 0.2) is 0 Å². The summed E-state index contributed by atoms with van der Waals surface area (Å²) >= 11 is 5.51. The summed E-state index contributed by atoms with van der Waals surface area (Å²) in [4.78, 5) is 21.1.